The molecule has 0 aromatic heterocycles. The Kier molecular flexibility index (Phi) is 5.75. The van der Waals surface area contributed by atoms with Gasteiger partial charge >= 0.3 is 0 Å². The molecule has 0 amide bonds. The molecule has 1 heterocycles. The third kappa shape index (κ3) is 4.34. The predicted molar refractivity (Wildman–Crippen MR) is 75.3 cm³/mol. The van der Waals surface area contributed by atoms with Crippen LogP contribution in [0.1, 0.15) is 33.6 Å². The van der Waals surface area contributed by atoms with Crippen LogP contribution in [0.4, 0.5) is 0 Å². The lowest BCUT2D eigenvalue weighted by Crippen LogP contribution is -2.44. The lowest BCUT2D eigenvalue weighted by Gasteiger charge is -2.36. The second kappa shape index (κ2) is 6.36. The summed E-state index contributed by atoms with van der Waals surface area (Å²) in [6.45, 7) is 12.0. The van der Waals surface area contributed by atoms with E-state index >= 15 is 0 Å². The Morgan fingerprint density at radius 3 is 2.56 bits per heavy atom. The Morgan fingerprint density at radius 2 is 2.00 bits per heavy atom. The van der Waals surface area contributed by atoms with E-state index in [1.165, 1.54) is 39.0 Å². The summed E-state index contributed by atoms with van der Waals surface area (Å²) in [5.41, 5.74) is 0.385. The van der Waals surface area contributed by atoms with Gasteiger partial charge in [0.1, 0.15) is 0 Å². The van der Waals surface area contributed by atoms with Crippen LogP contribution in [-0.2, 0) is 0 Å². The second-order valence-electron chi connectivity index (χ2n) is 5.95. The topological polar surface area (TPSA) is 6.48 Å². The first-order valence-electron chi connectivity index (χ1n) is 6.47. The molecule has 0 aromatic carbocycles. The van der Waals surface area contributed by atoms with Gasteiger partial charge in [-0.15, -0.1) is 0 Å². The molecule has 1 unspecified atom stereocenters. The largest absolute Gasteiger partial charge is 0.305 e. The van der Waals surface area contributed by atoms with Crippen molar-refractivity contribution in [1.82, 2.24) is 9.80 Å². The summed E-state index contributed by atoms with van der Waals surface area (Å²) >= 11 is 3.63. The molecule has 1 aliphatic heterocycles. The van der Waals surface area contributed by atoms with Crippen molar-refractivity contribution in [2.24, 2.45) is 5.41 Å². The molecule has 3 heteroatoms. The molecular weight excluding hydrogens is 264 g/mol. The van der Waals surface area contributed by atoms with E-state index in [-0.39, 0.29) is 0 Å². The lowest BCUT2D eigenvalue weighted by molar-refractivity contribution is 0.135. The van der Waals surface area contributed by atoms with Crippen LogP contribution in [0.15, 0.2) is 0 Å². The second-order valence-corrected chi connectivity index (χ2v) is 6.51. The van der Waals surface area contributed by atoms with Gasteiger partial charge in [-0.2, -0.15) is 0 Å². The number of alkyl halides is 1. The summed E-state index contributed by atoms with van der Waals surface area (Å²) in [6, 6.07) is 0.742. The van der Waals surface area contributed by atoms with Crippen LogP contribution in [0, 0.1) is 5.41 Å². The summed E-state index contributed by atoms with van der Waals surface area (Å²) in [4.78, 5) is 5.18. The average molecular weight is 291 g/mol. The molecular formula is C13H27BrN2. The van der Waals surface area contributed by atoms with Crippen LogP contribution >= 0.6 is 15.9 Å². The predicted octanol–water partition coefficient (Wildman–Crippen LogP) is 2.82. The molecule has 0 aromatic rings. The van der Waals surface area contributed by atoms with Gasteiger partial charge in [-0.25, -0.2) is 0 Å². The smallest absolute Gasteiger partial charge is 0.0220 e. The van der Waals surface area contributed by atoms with Crippen molar-refractivity contribution in [2.45, 2.75) is 39.7 Å². The van der Waals surface area contributed by atoms with E-state index in [0.29, 0.717) is 5.41 Å². The maximum absolute atomic E-state index is 3.63. The van der Waals surface area contributed by atoms with Crippen molar-refractivity contribution in [1.29, 1.82) is 0 Å². The van der Waals surface area contributed by atoms with Gasteiger partial charge in [-0.05, 0) is 38.4 Å². The van der Waals surface area contributed by atoms with Gasteiger partial charge in [-0.3, -0.25) is 4.90 Å². The van der Waals surface area contributed by atoms with E-state index in [1.807, 2.05) is 0 Å². The summed E-state index contributed by atoms with van der Waals surface area (Å²) in [5, 5.41) is 1.09. The molecule has 1 saturated heterocycles. The van der Waals surface area contributed by atoms with E-state index in [9.17, 15) is 0 Å². The van der Waals surface area contributed by atoms with Crippen LogP contribution in [0.3, 0.4) is 0 Å². The highest BCUT2D eigenvalue weighted by Gasteiger charge is 2.27. The van der Waals surface area contributed by atoms with E-state index in [0.717, 1.165) is 11.4 Å². The first-order valence-corrected chi connectivity index (χ1v) is 7.59. The fourth-order valence-electron chi connectivity index (χ4n) is 2.48. The molecule has 96 valence electrons. The molecule has 0 saturated carbocycles. The normalized spacial score (nSPS) is 25.7. The quantitative estimate of drug-likeness (QED) is 0.735. The Morgan fingerprint density at radius 1 is 1.31 bits per heavy atom. The van der Waals surface area contributed by atoms with Crippen molar-refractivity contribution >= 4 is 15.9 Å². The molecule has 0 spiro atoms. The van der Waals surface area contributed by atoms with Crippen LogP contribution in [0.5, 0.6) is 0 Å². The zero-order valence-corrected chi connectivity index (χ0v) is 12.9. The van der Waals surface area contributed by atoms with Gasteiger partial charge in [0.15, 0.2) is 0 Å². The summed E-state index contributed by atoms with van der Waals surface area (Å²) in [5.74, 6) is 0. The molecule has 1 fully saturated rings. The van der Waals surface area contributed by atoms with Crippen molar-refractivity contribution in [3.05, 3.63) is 0 Å². The van der Waals surface area contributed by atoms with Crippen LogP contribution in [-0.4, -0.2) is 54.4 Å². The van der Waals surface area contributed by atoms with Gasteiger partial charge in [0.25, 0.3) is 0 Å². The molecule has 0 aliphatic carbocycles. The molecule has 0 N–H and O–H groups in total. The van der Waals surface area contributed by atoms with Gasteiger partial charge in [0, 0.05) is 24.5 Å². The molecule has 0 radical (unpaired) electrons. The lowest BCUT2D eigenvalue weighted by atomic mass is 9.94. The number of rotatable bonds is 4. The van der Waals surface area contributed by atoms with Gasteiger partial charge in [0.2, 0.25) is 0 Å². The number of hydrogen-bond acceptors (Lipinski definition) is 2. The number of nitrogens with zero attached hydrogens (tertiary/aromatic N) is 2. The van der Waals surface area contributed by atoms with Gasteiger partial charge in [-0.1, -0.05) is 36.7 Å². The summed E-state index contributed by atoms with van der Waals surface area (Å²) in [7, 11) is 2.25. The monoisotopic (exact) mass is 290 g/mol. The molecule has 0 bridgehead atoms. The zero-order chi connectivity index (χ0) is 12.2. The Balaban J connectivity index is 2.61. The van der Waals surface area contributed by atoms with E-state index in [4.69, 9.17) is 0 Å². The van der Waals surface area contributed by atoms with Crippen LogP contribution in [0.2, 0.25) is 0 Å². The molecule has 1 atom stereocenters. The highest BCUT2D eigenvalue weighted by molar-refractivity contribution is 9.09. The van der Waals surface area contributed by atoms with Gasteiger partial charge < -0.3 is 4.90 Å². The average Bonchev–Trinajstić information content (AvgIpc) is 2.40. The molecule has 2 nitrogen and oxygen atoms in total. The SMILES string of the molecule is CCC1CN(C)CCCN1CC(C)(C)CBr. The number of halogens is 1. The molecule has 1 rings (SSSR count). The third-order valence-corrected chi connectivity index (χ3v) is 5.01. The first kappa shape index (κ1) is 14.5. The first-order chi connectivity index (χ1) is 7.48. The third-order valence-electron chi connectivity index (χ3n) is 3.49. The Labute approximate surface area is 109 Å². The minimum absolute atomic E-state index is 0.385. The van der Waals surface area contributed by atoms with E-state index < -0.39 is 0 Å². The van der Waals surface area contributed by atoms with Crippen LogP contribution in [0.25, 0.3) is 0 Å². The highest BCUT2D eigenvalue weighted by Crippen LogP contribution is 2.23. The molecule has 1 aliphatic rings. The standard InChI is InChI=1S/C13H27BrN2/c1-5-12-9-15(4)7-6-8-16(12)11-13(2,3)10-14/h12H,5-11H2,1-4H3. The fraction of sp³-hybridized carbons (Fsp3) is 1.00. The maximum Gasteiger partial charge on any atom is 0.0220 e. The highest BCUT2D eigenvalue weighted by atomic mass is 79.9. The maximum atomic E-state index is 3.63. The Hall–Kier alpha value is 0.400. The number of likely N-dealkylation sites (N-methyl/N-ethyl adjacent to an activating group) is 1. The van der Waals surface area contributed by atoms with Crippen molar-refractivity contribution < 1.29 is 0 Å². The van der Waals surface area contributed by atoms with Crippen LogP contribution < -0.4 is 0 Å². The summed E-state index contributed by atoms with van der Waals surface area (Å²) in [6.07, 6.45) is 2.58. The Bertz CT molecular complexity index is 206. The van der Waals surface area contributed by atoms with E-state index in [1.54, 1.807) is 0 Å². The van der Waals surface area contributed by atoms with Crippen molar-refractivity contribution in [3.8, 4) is 0 Å². The summed E-state index contributed by atoms with van der Waals surface area (Å²) < 4.78 is 0. The van der Waals surface area contributed by atoms with E-state index in [2.05, 4.69) is 53.5 Å². The van der Waals surface area contributed by atoms with Crippen molar-refractivity contribution in [3.63, 3.8) is 0 Å². The number of hydrogen-bond donors (Lipinski definition) is 0. The molecule has 16 heavy (non-hydrogen) atoms. The van der Waals surface area contributed by atoms with Crippen molar-refractivity contribution in [2.75, 3.05) is 38.6 Å². The minimum Gasteiger partial charge on any atom is -0.305 e. The minimum atomic E-state index is 0.385. The van der Waals surface area contributed by atoms with Gasteiger partial charge in [0.05, 0.1) is 0 Å². The fourth-order valence-corrected chi connectivity index (χ4v) is 2.66. The zero-order valence-electron chi connectivity index (χ0n) is 11.3.